The Labute approximate surface area is 99.7 Å². The van der Waals surface area contributed by atoms with Gasteiger partial charge in [0.1, 0.15) is 6.79 Å². The summed E-state index contributed by atoms with van der Waals surface area (Å²) in [7, 11) is 0. The van der Waals surface area contributed by atoms with Gasteiger partial charge < -0.3 is 13.9 Å². The van der Waals surface area contributed by atoms with Gasteiger partial charge in [-0.3, -0.25) is 10.5 Å². The SMILES string of the molecule is C=O.CC(C)c1ccccc1.OO.OSO. The van der Waals surface area contributed by atoms with E-state index in [0.29, 0.717) is 5.92 Å². The van der Waals surface area contributed by atoms with Gasteiger partial charge in [-0.1, -0.05) is 44.2 Å². The van der Waals surface area contributed by atoms with Crippen LogP contribution in [0, 0.1) is 0 Å². The van der Waals surface area contributed by atoms with E-state index in [-0.39, 0.29) is 12.3 Å². The highest BCUT2D eigenvalue weighted by molar-refractivity contribution is 7.87. The summed E-state index contributed by atoms with van der Waals surface area (Å²) in [6.07, 6.45) is 0. The third-order valence-electron chi connectivity index (χ3n) is 1.47. The molecule has 0 aliphatic heterocycles. The van der Waals surface area contributed by atoms with Gasteiger partial charge in [-0.05, 0) is 11.5 Å². The number of carbonyl (C=O) groups is 1. The number of rotatable bonds is 1. The quantitative estimate of drug-likeness (QED) is 0.347. The molecule has 0 aliphatic rings. The third-order valence-corrected chi connectivity index (χ3v) is 1.47. The first kappa shape index (κ1) is 20.5. The van der Waals surface area contributed by atoms with E-state index < -0.39 is 0 Å². The fourth-order valence-electron chi connectivity index (χ4n) is 0.838. The molecular weight excluding hydrogens is 232 g/mol. The molecule has 5 nitrogen and oxygen atoms in total. The number of carbonyl (C=O) groups excluding carboxylic acids is 1. The molecule has 4 N–H and O–H groups in total. The van der Waals surface area contributed by atoms with Crippen molar-refractivity contribution in [1.82, 2.24) is 0 Å². The molecule has 0 aromatic heterocycles. The highest BCUT2D eigenvalue weighted by Crippen LogP contribution is 2.11. The molecule has 0 spiro atoms. The van der Waals surface area contributed by atoms with Crippen LogP contribution in [-0.2, 0) is 4.79 Å². The molecule has 0 aliphatic carbocycles. The first-order chi connectivity index (χ1) is 7.72. The molecule has 0 bridgehead atoms. The fraction of sp³-hybridized carbons (Fsp3) is 0.300. The van der Waals surface area contributed by atoms with E-state index in [1.165, 1.54) is 5.56 Å². The Balaban J connectivity index is -0.000000206. The lowest BCUT2D eigenvalue weighted by Gasteiger charge is -2.01. The van der Waals surface area contributed by atoms with E-state index in [2.05, 4.69) is 38.1 Å². The number of benzene rings is 1. The van der Waals surface area contributed by atoms with Crippen LogP contribution >= 0.6 is 12.3 Å². The minimum absolute atomic E-state index is 0.250. The lowest BCUT2D eigenvalue weighted by molar-refractivity contribution is -0.176. The van der Waals surface area contributed by atoms with Gasteiger partial charge in [0, 0.05) is 0 Å². The molecular formula is C10H18O5S. The standard InChI is InChI=1S/C9H12.CH2O.H2O2S.H2O2/c1-8(2)9-6-4-3-5-7-9;1-2;1-3-2;1-2/h3-8H,1-2H3;1H2;1-2H;1-2H. The zero-order chi connectivity index (χ0) is 13.4. The van der Waals surface area contributed by atoms with Crippen molar-refractivity contribution in [3.63, 3.8) is 0 Å². The van der Waals surface area contributed by atoms with E-state index in [9.17, 15) is 0 Å². The Kier molecular flexibility index (Phi) is 25.1. The molecule has 0 heterocycles. The van der Waals surface area contributed by atoms with Crippen molar-refractivity contribution < 1.29 is 24.4 Å². The van der Waals surface area contributed by atoms with Crippen molar-refractivity contribution in [3.05, 3.63) is 35.9 Å². The van der Waals surface area contributed by atoms with Gasteiger partial charge in [-0.25, -0.2) is 0 Å². The second kappa shape index (κ2) is 19.6. The topological polar surface area (TPSA) is 98.0 Å². The maximum Gasteiger partial charge on any atom is 0.152 e. The maximum absolute atomic E-state index is 8.00. The summed E-state index contributed by atoms with van der Waals surface area (Å²) in [6.45, 7) is 6.41. The second-order valence-electron chi connectivity index (χ2n) is 2.65. The van der Waals surface area contributed by atoms with E-state index in [4.69, 9.17) is 24.4 Å². The van der Waals surface area contributed by atoms with Gasteiger partial charge in [-0.2, -0.15) is 0 Å². The minimum Gasteiger partial charge on any atom is -0.307 e. The third kappa shape index (κ3) is 15.5. The summed E-state index contributed by atoms with van der Waals surface area (Å²) < 4.78 is 14.1. The lowest BCUT2D eigenvalue weighted by atomic mass is 10.0. The van der Waals surface area contributed by atoms with Crippen molar-refractivity contribution in [2.75, 3.05) is 0 Å². The zero-order valence-electron chi connectivity index (χ0n) is 9.28. The predicted octanol–water partition coefficient (Wildman–Crippen LogP) is 3.31. The summed E-state index contributed by atoms with van der Waals surface area (Å²) in [4.78, 5) is 8.00. The van der Waals surface area contributed by atoms with Crippen LogP contribution in [0.1, 0.15) is 25.3 Å². The second-order valence-corrected chi connectivity index (χ2v) is 2.81. The first-order valence-corrected chi connectivity index (χ1v) is 4.94. The van der Waals surface area contributed by atoms with Gasteiger partial charge >= 0.3 is 0 Å². The van der Waals surface area contributed by atoms with Gasteiger partial charge in [0.15, 0.2) is 12.3 Å². The molecule has 1 rings (SSSR count). The maximum atomic E-state index is 8.00. The van der Waals surface area contributed by atoms with Gasteiger partial charge in [0.2, 0.25) is 0 Å². The monoisotopic (exact) mass is 250 g/mol. The Bertz CT molecular complexity index is 206. The largest absolute Gasteiger partial charge is 0.307 e. The van der Waals surface area contributed by atoms with Gasteiger partial charge in [0.05, 0.1) is 0 Å². The molecule has 0 saturated heterocycles. The van der Waals surface area contributed by atoms with Crippen LogP contribution in [0.5, 0.6) is 0 Å². The van der Waals surface area contributed by atoms with Crippen molar-refractivity contribution in [3.8, 4) is 0 Å². The molecule has 94 valence electrons. The number of hydrogen-bond acceptors (Lipinski definition) is 6. The molecule has 0 fully saturated rings. The van der Waals surface area contributed by atoms with Crippen LogP contribution in [0.4, 0.5) is 0 Å². The molecule has 0 unspecified atom stereocenters. The van der Waals surface area contributed by atoms with Gasteiger partial charge in [-0.15, -0.1) is 0 Å². The average molecular weight is 250 g/mol. The van der Waals surface area contributed by atoms with Crippen LogP contribution < -0.4 is 0 Å². The van der Waals surface area contributed by atoms with Crippen molar-refractivity contribution in [2.24, 2.45) is 0 Å². The molecule has 1 aromatic carbocycles. The van der Waals surface area contributed by atoms with Crippen LogP contribution in [0.2, 0.25) is 0 Å². The van der Waals surface area contributed by atoms with E-state index in [0.717, 1.165) is 0 Å². The summed E-state index contributed by atoms with van der Waals surface area (Å²) in [5, 5.41) is 12.0. The zero-order valence-corrected chi connectivity index (χ0v) is 10.1. The lowest BCUT2D eigenvalue weighted by Crippen LogP contribution is -1.83. The van der Waals surface area contributed by atoms with Crippen molar-refractivity contribution >= 4 is 19.1 Å². The Morgan fingerprint density at radius 2 is 1.38 bits per heavy atom. The van der Waals surface area contributed by atoms with Gasteiger partial charge in [0.25, 0.3) is 0 Å². The Morgan fingerprint density at radius 1 is 1.06 bits per heavy atom. The summed E-state index contributed by atoms with van der Waals surface area (Å²) in [5.41, 5.74) is 1.41. The van der Waals surface area contributed by atoms with E-state index in [1.54, 1.807) is 0 Å². The summed E-state index contributed by atoms with van der Waals surface area (Å²) in [5.74, 6) is 0.659. The number of hydrogen-bond donors (Lipinski definition) is 4. The minimum atomic E-state index is -0.250. The smallest absolute Gasteiger partial charge is 0.152 e. The summed E-state index contributed by atoms with van der Waals surface area (Å²) >= 11 is -0.250. The molecule has 0 radical (unpaired) electrons. The van der Waals surface area contributed by atoms with Crippen molar-refractivity contribution in [2.45, 2.75) is 19.8 Å². The van der Waals surface area contributed by atoms with E-state index in [1.807, 2.05) is 12.9 Å². The molecule has 0 saturated carbocycles. The van der Waals surface area contributed by atoms with Crippen LogP contribution in [0.25, 0.3) is 0 Å². The van der Waals surface area contributed by atoms with Crippen molar-refractivity contribution in [1.29, 1.82) is 0 Å². The highest BCUT2D eigenvalue weighted by Gasteiger charge is 1.93. The first-order valence-electron chi connectivity index (χ1n) is 4.21. The molecule has 1 aromatic rings. The molecule has 6 heteroatoms. The fourth-order valence-corrected chi connectivity index (χ4v) is 0.838. The van der Waals surface area contributed by atoms with Crippen LogP contribution in [0.15, 0.2) is 30.3 Å². The average Bonchev–Trinajstić information content (AvgIpc) is 2.36. The highest BCUT2D eigenvalue weighted by atomic mass is 32.2. The molecule has 0 atom stereocenters. The van der Waals surface area contributed by atoms with Crippen LogP contribution in [-0.4, -0.2) is 26.4 Å². The Morgan fingerprint density at radius 3 is 1.56 bits per heavy atom. The predicted molar refractivity (Wildman–Crippen MR) is 65.8 cm³/mol. The Hall–Kier alpha value is -0.920. The van der Waals surface area contributed by atoms with Crippen LogP contribution in [0.3, 0.4) is 0 Å². The molecule has 16 heavy (non-hydrogen) atoms. The summed E-state index contributed by atoms with van der Waals surface area (Å²) in [6, 6.07) is 10.5. The van der Waals surface area contributed by atoms with E-state index >= 15 is 0 Å². The normalized spacial score (nSPS) is 7.44. The molecule has 0 amide bonds.